The van der Waals surface area contributed by atoms with Gasteiger partial charge in [-0.1, -0.05) is 78.9 Å². The number of rotatable bonds is 9. The van der Waals surface area contributed by atoms with Gasteiger partial charge in [-0.25, -0.2) is 0 Å². The number of hydrogen-bond donors (Lipinski definition) is 0. The average Bonchev–Trinajstić information content (AvgIpc) is 2.72. The van der Waals surface area contributed by atoms with Gasteiger partial charge in [0.1, 0.15) is 12.4 Å². The highest BCUT2D eigenvalue weighted by Gasteiger charge is 2.06. The number of carbonyl (C=O) groups is 1. The van der Waals surface area contributed by atoms with Crippen LogP contribution in [0.2, 0.25) is 0 Å². The van der Waals surface area contributed by atoms with Crippen molar-refractivity contribution in [1.29, 1.82) is 0 Å². The minimum absolute atomic E-state index is 0.185. The Labute approximate surface area is 160 Å². The second kappa shape index (κ2) is 10.2. The van der Waals surface area contributed by atoms with Crippen LogP contribution in [0.15, 0.2) is 84.9 Å². The van der Waals surface area contributed by atoms with Crippen molar-refractivity contribution >= 4 is 5.97 Å². The molecule has 27 heavy (non-hydrogen) atoms. The average molecular weight is 360 g/mol. The van der Waals surface area contributed by atoms with Gasteiger partial charge >= 0.3 is 5.97 Å². The summed E-state index contributed by atoms with van der Waals surface area (Å²) in [5.74, 6) is 0.701. The van der Waals surface area contributed by atoms with E-state index < -0.39 is 0 Å². The summed E-state index contributed by atoms with van der Waals surface area (Å²) >= 11 is 0. The van der Waals surface area contributed by atoms with Gasteiger partial charge in [0, 0.05) is 0 Å². The summed E-state index contributed by atoms with van der Waals surface area (Å²) in [6.45, 7) is 0.961. The van der Waals surface area contributed by atoms with E-state index in [0.717, 1.165) is 35.3 Å². The van der Waals surface area contributed by atoms with Gasteiger partial charge in [0.25, 0.3) is 0 Å². The molecule has 3 heteroatoms. The zero-order valence-corrected chi connectivity index (χ0v) is 15.3. The summed E-state index contributed by atoms with van der Waals surface area (Å²) in [4.78, 5) is 11.9. The fourth-order valence-corrected chi connectivity index (χ4v) is 2.85. The summed E-state index contributed by atoms with van der Waals surface area (Å²) < 4.78 is 11.3. The Balaban J connectivity index is 1.43. The van der Waals surface area contributed by atoms with Crippen molar-refractivity contribution in [3.05, 3.63) is 102 Å². The van der Waals surface area contributed by atoms with E-state index in [1.165, 1.54) is 0 Å². The molecule has 0 saturated carbocycles. The maximum atomic E-state index is 11.9. The lowest BCUT2D eigenvalue weighted by Crippen LogP contribution is -2.09. The molecular weight excluding hydrogens is 336 g/mol. The Morgan fingerprint density at radius 2 is 1.37 bits per heavy atom. The third-order valence-electron chi connectivity index (χ3n) is 4.25. The molecule has 0 heterocycles. The van der Waals surface area contributed by atoms with Crippen molar-refractivity contribution in [3.8, 4) is 5.75 Å². The van der Waals surface area contributed by atoms with Crippen LogP contribution in [-0.2, 0) is 29.0 Å². The van der Waals surface area contributed by atoms with Gasteiger partial charge in [0.2, 0.25) is 0 Å². The van der Waals surface area contributed by atoms with E-state index >= 15 is 0 Å². The largest absolute Gasteiger partial charge is 0.489 e. The van der Waals surface area contributed by atoms with Crippen molar-refractivity contribution in [2.24, 2.45) is 0 Å². The highest BCUT2D eigenvalue weighted by atomic mass is 16.5. The summed E-state index contributed by atoms with van der Waals surface area (Å²) in [5, 5.41) is 0. The molecule has 0 aliphatic carbocycles. The van der Waals surface area contributed by atoms with E-state index in [0.29, 0.717) is 19.6 Å². The molecule has 3 aromatic rings. The standard InChI is InChI=1S/C24H24O3/c25-24(18-20-10-3-1-4-11-20)26-17-9-15-22-14-7-8-16-23(22)27-19-21-12-5-2-6-13-21/h1-8,10-14,16H,9,15,17-19H2. The lowest BCUT2D eigenvalue weighted by molar-refractivity contribution is -0.142. The van der Waals surface area contributed by atoms with Crippen LogP contribution in [0.5, 0.6) is 5.75 Å². The minimum atomic E-state index is -0.185. The molecule has 0 amide bonds. The monoisotopic (exact) mass is 360 g/mol. The minimum Gasteiger partial charge on any atom is -0.489 e. The maximum absolute atomic E-state index is 11.9. The van der Waals surface area contributed by atoms with Crippen LogP contribution in [0.3, 0.4) is 0 Å². The van der Waals surface area contributed by atoms with Crippen molar-refractivity contribution in [1.82, 2.24) is 0 Å². The predicted octanol–water partition coefficient (Wildman–Crippen LogP) is 4.98. The SMILES string of the molecule is O=C(Cc1ccccc1)OCCCc1ccccc1OCc1ccccc1. The fourth-order valence-electron chi connectivity index (χ4n) is 2.85. The molecule has 0 aliphatic heterocycles. The van der Waals surface area contributed by atoms with E-state index in [9.17, 15) is 4.79 Å². The van der Waals surface area contributed by atoms with E-state index in [2.05, 4.69) is 18.2 Å². The van der Waals surface area contributed by atoms with Gasteiger partial charge in [-0.15, -0.1) is 0 Å². The molecule has 0 spiro atoms. The third-order valence-corrected chi connectivity index (χ3v) is 4.25. The third kappa shape index (κ3) is 6.30. The first kappa shape index (κ1) is 18.7. The van der Waals surface area contributed by atoms with Crippen molar-refractivity contribution < 1.29 is 14.3 Å². The van der Waals surface area contributed by atoms with Gasteiger partial charge in [-0.3, -0.25) is 4.79 Å². The molecule has 3 rings (SSSR count). The highest BCUT2D eigenvalue weighted by Crippen LogP contribution is 2.21. The van der Waals surface area contributed by atoms with Gasteiger partial charge in [0.05, 0.1) is 13.0 Å². The molecule has 3 nitrogen and oxygen atoms in total. The van der Waals surface area contributed by atoms with Gasteiger partial charge in [-0.05, 0) is 35.6 Å². The van der Waals surface area contributed by atoms with Crippen molar-refractivity contribution in [2.45, 2.75) is 25.9 Å². The molecule has 0 saturated heterocycles. The predicted molar refractivity (Wildman–Crippen MR) is 107 cm³/mol. The van der Waals surface area contributed by atoms with Crippen LogP contribution in [0.4, 0.5) is 0 Å². The highest BCUT2D eigenvalue weighted by molar-refractivity contribution is 5.72. The molecule has 0 atom stereocenters. The van der Waals surface area contributed by atoms with Crippen LogP contribution in [0, 0.1) is 0 Å². The van der Waals surface area contributed by atoms with Crippen LogP contribution in [-0.4, -0.2) is 12.6 Å². The summed E-state index contributed by atoms with van der Waals surface area (Å²) in [5.41, 5.74) is 3.25. The molecule has 138 valence electrons. The van der Waals surface area contributed by atoms with E-state index in [-0.39, 0.29) is 5.97 Å². The Kier molecular flexibility index (Phi) is 7.05. The van der Waals surface area contributed by atoms with Crippen LogP contribution in [0.1, 0.15) is 23.1 Å². The van der Waals surface area contributed by atoms with E-state index in [1.54, 1.807) is 0 Å². The second-order valence-corrected chi connectivity index (χ2v) is 6.37. The second-order valence-electron chi connectivity index (χ2n) is 6.37. The smallest absolute Gasteiger partial charge is 0.310 e. The molecule has 0 N–H and O–H groups in total. The zero-order valence-electron chi connectivity index (χ0n) is 15.3. The number of benzene rings is 3. The topological polar surface area (TPSA) is 35.5 Å². The number of ether oxygens (including phenoxy) is 2. The molecule has 3 aromatic carbocycles. The Morgan fingerprint density at radius 3 is 2.11 bits per heavy atom. The number of carbonyl (C=O) groups excluding carboxylic acids is 1. The molecule has 0 bridgehead atoms. The fraction of sp³-hybridized carbons (Fsp3) is 0.208. The summed E-state index contributed by atoms with van der Waals surface area (Å²) in [6, 6.07) is 27.8. The number of para-hydroxylation sites is 1. The van der Waals surface area contributed by atoms with Crippen LogP contribution >= 0.6 is 0 Å². The first-order valence-electron chi connectivity index (χ1n) is 9.25. The first-order chi connectivity index (χ1) is 13.3. The lowest BCUT2D eigenvalue weighted by Gasteiger charge is -2.12. The number of hydrogen-bond acceptors (Lipinski definition) is 3. The first-order valence-corrected chi connectivity index (χ1v) is 9.25. The van der Waals surface area contributed by atoms with E-state index in [4.69, 9.17) is 9.47 Å². The molecule has 0 unspecified atom stereocenters. The summed E-state index contributed by atoms with van der Waals surface area (Å²) in [6.07, 6.45) is 1.90. The number of aryl methyl sites for hydroxylation is 1. The number of esters is 1. The Bertz CT molecular complexity index is 829. The molecule has 0 aliphatic rings. The zero-order chi connectivity index (χ0) is 18.7. The van der Waals surface area contributed by atoms with Gasteiger partial charge in [-0.2, -0.15) is 0 Å². The summed E-state index contributed by atoms with van der Waals surface area (Å²) in [7, 11) is 0. The molecule has 0 fully saturated rings. The molecular formula is C24H24O3. The molecule has 0 aromatic heterocycles. The van der Waals surface area contributed by atoms with Crippen molar-refractivity contribution in [2.75, 3.05) is 6.61 Å². The normalized spacial score (nSPS) is 10.4. The van der Waals surface area contributed by atoms with Gasteiger partial charge in [0.15, 0.2) is 0 Å². The van der Waals surface area contributed by atoms with Crippen LogP contribution < -0.4 is 4.74 Å². The van der Waals surface area contributed by atoms with Crippen molar-refractivity contribution in [3.63, 3.8) is 0 Å². The Morgan fingerprint density at radius 1 is 0.741 bits per heavy atom. The van der Waals surface area contributed by atoms with Gasteiger partial charge < -0.3 is 9.47 Å². The van der Waals surface area contributed by atoms with Crippen LogP contribution in [0.25, 0.3) is 0 Å². The van der Waals surface area contributed by atoms with E-state index in [1.807, 2.05) is 66.7 Å². The lowest BCUT2D eigenvalue weighted by atomic mass is 10.1. The maximum Gasteiger partial charge on any atom is 0.310 e. The molecule has 0 radical (unpaired) electrons. The Hall–Kier alpha value is -3.07. The quantitative estimate of drug-likeness (QED) is 0.399.